The van der Waals surface area contributed by atoms with Crippen molar-refractivity contribution in [3.63, 3.8) is 0 Å². The topological polar surface area (TPSA) is 71.7 Å². The van der Waals surface area contributed by atoms with Crippen LogP contribution in [-0.4, -0.2) is 36.3 Å². The summed E-state index contributed by atoms with van der Waals surface area (Å²) in [5.41, 5.74) is 1.25. The van der Waals surface area contributed by atoms with Gasteiger partial charge in [0.2, 0.25) is 10.0 Å². The highest BCUT2D eigenvalue weighted by Gasteiger charge is 2.23. The Balaban J connectivity index is 1.94. The van der Waals surface area contributed by atoms with Crippen LogP contribution in [0.4, 0.5) is 0 Å². The summed E-state index contributed by atoms with van der Waals surface area (Å²) in [5, 5.41) is 0.621. The van der Waals surface area contributed by atoms with Gasteiger partial charge in [-0.25, -0.2) is 8.42 Å². The molecular formula is C19H20ClN3O3S2. The Morgan fingerprint density at radius 3 is 2.43 bits per heavy atom. The molecule has 0 aliphatic carbocycles. The number of rotatable bonds is 4. The standard InChI is InChI=1S/C19H20ClN3O3S2/c1-12(2)23(4)28(25,26)15-8-5-13(6-9-15)18(24)21-19-22(3)16-10-7-14(20)11-17(16)27-19/h5-12H,1-4H3. The quantitative estimate of drug-likeness (QED) is 0.625. The third kappa shape index (κ3) is 3.91. The summed E-state index contributed by atoms with van der Waals surface area (Å²) >= 11 is 7.39. The number of nitrogens with zero attached hydrogens (tertiary/aromatic N) is 3. The molecule has 0 saturated carbocycles. The second-order valence-electron chi connectivity index (χ2n) is 6.61. The highest BCUT2D eigenvalue weighted by molar-refractivity contribution is 7.89. The lowest BCUT2D eigenvalue weighted by Crippen LogP contribution is -2.33. The van der Waals surface area contributed by atoms with Crippen molar-refractivity contribution >= 4 is 49.1 Å². The minimum absolute atomic E-state index is 0.141. The third-order valence-corrected chi connectivity index (χ3v) is 7.85. The van der Waals surface area contributed by atoms with Crippen LogP contribution in [-0.2, 0) is 17.1 Å². The van der Waals surface area contributed by atoms with Crippen molar-refractivity contribution in [1.82, 2.24) is 8.87 Å². The lowest BCUT2D eigenvalue weighted by atomic mass is 10.2. The molecule has 1 aromatic heterocycles. The molecule has 0 N–H and O–H groups in total. The number of sulfonamides is 1. The van der Waals surface area contributed by atoms with Crippen molar-refractivity contribution < 1.29 is 13.2 Å². The zero-order valence-electron chi connectivity index (χ0n) is 15.9. The molecule has 1 heterocycles. The van der Waals surface area contributed by atoms with Crippen LogP contribution < -0.4 is 4.80 Å². The Morgan fingerprint density at radius 2 is 1.82 bits per heavy atom. The van der Waals surface area contributed by atoms with E-state index in [-0.39, 0.29) is 10.9 Å². The Bertz CT molecular complexity index is 1210. The first kappa shape index (κ1) is 20.7. The molecule has 6 nitrogen and oxygen atoms in total. The van der Waals surface area contributed by atoms with E-state index in [1.807, 2.05) is 23.7 Å². The zero-order chi connectivity index (χ0) is 20.6. The summed E-state index contributed by atoms with van der Waals surface area (Å²) in [6.45, 7) is 3.60. The number of thiazole rings is 1. The Kier molecular flexibility index (Phi) is 5.77. The smallest absolute Gasteiger partial charge is 0.279 e. The molecule has 9 heteroatoms. The minimum atomic E-state index is -3.59. The van der Waals surface area contributed by atoms with E-state index in [1.54, 1.807) is 19.9 Å². The first-order valence-electron chi connectivity index (χ1n) is 8.53. The largest absolute Gasteiger partial charge is 0.319 e. The fraction of sp³-hybridized carbons (Fsp3) is 0.263. The van der Waals surface area contributed by atoms with Crippen LogP contribution in [0.15, 0.2) is 52.4 Å². The van der Waals surface area contributed by atoms with Crippen LogP contribution in [0.2, 0.25) is 5.02 Å². The molecule has 0 unspecified atom stereocenters. The van der Waals surface area contributed by atoms with Gasteiger partial charge in [-0.2, -0.15) is 9.30 Å². The van der Waals surface area contributed by atoms with E-state index in [4.69, 9.17) is 11.6 Å². The molecule has 3 aromatic rings. The molecule has 0 atom stereocenters. The van der Waals surface area contributed by atoms with Crippen molar-refractivity contribution in [1.29, 1.82) is 0 Å². The van der Waals surface area contributed by atoms with E-state index in [9.17, 15) is 13.2 Å². The van der Waals surface area contributed by atoms with E-state index in [2.05, 4.69) is 4.99 Å². The number of aromatic nitrogens is 1. The number of carbonyl (C=O) groups is 1. The number of aryl methyl sites for hydroxylation is 1. The molecule has 0 fully saturated rings. The average Bonchev–Trinajstić information content (AvgIpc) is 2.95. The predicted molar refractivity (Wildman–Crippen MR) is 112 cm³/mol. The molecule has 28 heavy (non-hydrogen) atoms. The van der Waals surface area contributed by atoms with Gasteiger partial charge < -0.3 is 4.57 Å². The number of hydrogen-bond acceptors (Lipinski definition) is 4. The number of carbonyl (C=O) groups excluding carboxylic acids is 1. The summed E-state index contributed by atoms with van der Waals surface area (Å²) in [6.07, 6.45) is 0. The normalized spacial score (nSPS) is 13.0. The molecule has 0 aliphatic rings. The highest BCUT2D eigenvalue weighted by Crippen LogP contribution is 2.21. The van der Waals surface area contributed by atoms with Crippen LogP contribution in [0.3, 0.4) is 0 Å². The van der Waals surface area contributed by atoms with Crippen molar-refractivity contribution in [2.24, 2.45) is 12.0 Å². The van der Waals surface area contributed by atoms with Gasteiger partial charge in [0.15, 0.2) is 4.80 Å². The summed E-state index contributed by atoms with van der Waals surface area (Å²) in [4.78, 5) is 17.4. The lowest BCUT2D eigenvalue weighted by molar-refractivity contribution is 0.0998. The van der Waals surface area contributed by atoms with Crippen LogP contribution in [0.5, 0.6) is 0 Å². The highest BCUT2D eigenvalue weighted by atomic mass is 35.5. The van der Waals surface area contributed by atoms with Crippen LogP contribution in [0.1, 0.15) is 24.2 Å². The summed E-state index contributed by atoms with van der Waals surface area (Å²) in [7, 11) is -0.231. The van der Waals surface area contributed by atoms with Gasteiger partial charge in [-0.1, -0.05) is 22.9 Å². The first-order valence-corrected chi connectivity index (χ1v) is 11.2. The van der Waals surface area contributed by atoms with Crippen molar-refractivity contribution in [3.05, 3.63) is 57.9 Å². The van der Waals surface area contributed by atoms with Gasteiger partial charge in [-0.15, -0.1) is 0 Å². The van der Waals surface area contributed by atoms with E-state index >= 15 is 0 Å². The van der Waals surface area contributed by atoms with E-state index < -0.39 is 15.9 Å². The van der Waals surface area contributed by atoms with E-state index in [0.29, 0.717) is 15.4 Å². The molecule has 0 saturated heterocycles. The Morgan fingerprint density at radius 1 is 1.18 bits per heavy atom. The molecule has 148 valence electrons. The maximum atomic E-state index is 12.6. The molecule has 0 spiro atoms. The third-order valence-electron chi connectivity index (χ3n) is 4.47. The number of benzene rings is 2. The number of fused-ring (bicyclic) bond motifs is 1. The molecule has 2 aromatic carbocycles. The summed E-state index contributed by atoms with van der Waals surface area (Å²) in [6, 6.07) is 11.2. The van der Waals surface area contributed by atoms with Gasteiger partial charge in [0.25, 0.3) is 5.91 Å². The molecule has 0 aliphatic heterocycles. The van der Waals surface area contributed by atoms with Gasteiger partial charge in [-0.05, 0) is 56.3 Å². The molecular weight excluding hydrogens is 418 g/mol. The average molecular weight is 438 g/mol. The maximum Gasteiger partial charge on any atom is 0.279 e. The van der Waals surface area contributed by atoms with Gasteiger partial charge in [0.05, 0.1) is 15.1 Å². The first-order chi connectivity index (χ1) is 13.1. The molecule has 0 bridgehead atoms. The maximum absolute atomic E-state index is 12.6. The molecule has 0 radical (unpaired) electrons. The van der Waals surface area contributed by atoms with Crippen molar-refractivity contribution in [2.75, 3.05) is 7.05 Å². The predicted octanol–water partition coefficient (Wildman–Crippen LogP) is 3.66. The van der Waals surface area contributed by atoms with Gasteiger partial charge >= 0.3 is 0 Å². The van der Waals surface area contributed by atoms with Gasteiger partial charge in [0, 0.05) is 30.7 Å². The monoisotopic (exact) mass is 437 g/mol. The second-order valence-corrected chi connectivity index (χ2v) is 10.1. The van der Waals surface area contributed by atoms with Crippen LogP contribution >= 0.6 is 22.9 Å². The van der Waals surface area contributed by atoms with Crippen molar-refractivity contribution in [2.45, 2.75) is 24.8 Å². The van der Waals surface area contributed by atoms with Crippen LogP contribution in [0, 0.1) is 0 Å². The molecule has 3 rings (SSSR count). The number of amides is 1. The summed E-state index contributed by atoms with van der Waals surface area (Å²) < 4.78 is 29.1. The fourth-order valence-corrected chi connectivity index (χ4v) is 5.24. The molecule has 1 amide bonds. The SMILES string of the molecule is CC(C)N(C)S(=O)(=O)c1ccc(C(=O)N=c2sc3cc(Cl)ccc3n2C)cc1. The van der Waals surface area contributed by atoms with E-state index in [0.717, 1.165) is 10.2 Å². The van der Waals surface area contributed by atoms with Crippen molar-refractivity contribution in [3.8, 4) is 0 Å². The Hall–Kier alpha value is -2.00. The lowest BCUT2D eigenvalue weighted by Gasteiger charge is -2.20. The number of halogens is 1. The van der Waals surface area contributed by atoms with E-state index in [1.165, 1.54) is 47.0 Å². The fourth-order valence-electron chi connectivity index (χ4n) is 2.58. The minimum Gasteiger partial charge on any atom is -0.319 e. The number of hydrogen-bond donors (Lipinski definition) is 0. The van der Waals surface area contributed by atoms with Crippen LogP contribution in [0.25, 0.3) is 10.2 Å². The Labute approximate surface area is 172 Å². The van der Waals surface area contributed by atoms with Gasteiger partial charge in [0.1, 0.15) is 0 Å². The summed E-state index contributed by atoms with van der Waals surface area (Å²) in [5.74, 6) is -0.436. The zero-order valence-corrected chi connectivity index (χ0v) is 18.3. The van der Waals surface area contributed by atoms with Gasteiger partial charge in [-0.3, -0.25) is 4.79 Å². The second kappa shape index (κ2) is 7.79.